The van der Waals surface area contributed by atoms with E-state index in [0.29, 0.717) is 10.2 Å². The SMILES string of the molecule is COc1c(Br)cc(Cl)cc1S(=O)(=O)Nc1cccc(-n2nc(C)cc2C)c1. The number of benzene rings is 2. The van der Waals surface area contributed by atoms with E-state index in [1.54, 1.807) is 28.9 Å². The molecule has 142 valence electrons. The van der Waals surface area contributed by atoms with Gasteiger partial charge in [0.2, 0.25) is 0 Å². The Bertz CT molecular complexity index is 1110. The monoisotopic (exact) mass is 469 g/mol. The summed E-state index contributed by atoms with van der Waals surface area (Å²) in [6.45, 7) is 3.84. The lowest BCUT2D eigenvalue weighted by Gasteiger charge is -2.14. The van der Waals surface area contributed by atoms with Crippen LogP contribution in [0.15, 0.2) is 51.8 Å². The molecule has 0 aliphatic rings. The number of nitrogens with one attached hydrogen (secondary N) is 1. The third-order valence-electron chi connectivity index (χ3n) is 3.82. The van der Waals surface area contributed by atoms with Crippen molar-refractivity contribution >= 4 is 43.2 Å². The third kappa shape index (κ3) is 4.12. The molecule has 1 heterocycles. The molecule has 0 aliphatic carbocycles. The van der Waals surface area contributed by atoms with Crippen molar-refractivity contribution in [1.82, 2.24) is 9.78 Å². The molecule has 3 rings (SSSR count). The van der Waals surface area contributed by atoms with E-state index >= 15 is 0 Å². The topological polar surface area (TPSA) is 73.2 Å². The van der Waals surface area contributed by atoms with Gasteiger partial charge < -0.3 is 4.74 Å². The Hall–Kier alpha value is -2.03. The van der Waals surface area contributed by atoms with Crippen molar-refractivity contribution in [3.05, 3.63) is 63.3 Å². The zero-order valence-electron chi connectivity index (χ0n) is 14.8. The number of halogens is 2. The van der Waals surface area contributed by atoms with E-state index in [1.807, 2.05) is 26.0 Å². The van der Waals surface area contributed by atoms with Crippen LogP contribution in [-0.4, -0.2) is 25.3 Å². The molecule has 0 saturated carbocycles. The lowest BCUT2D eigenvalue weighted by molar-refractivity contribution is 0.400. The van der Waals surface area contributed by atoms with Gasteiger partial charge in [-0.2, -0.15) is 5.10 Å². The lowest BCUT2D eigenvalue weighted by Crippen LogP contribution is -2.14. The number of hydrogen-bond donors (Lipinski definition) is 1. The number of nitrogens with zero attached hydrogens (tertiary/aromatic N) is 2. The van der Waals surface area contributed by atoms with E-state index in [9.17, 15) is 8.42 Å². The molecule has 9 heteroatoms. The minimum atomic E-state index is -3.92. The smallest absolute Gasteiger partial charge is 0.265 e. The van der Waals surface area contributed by atoms with E-state index in [-0.39, 0.29) is 15.7 Å². The zero-order valence-corrected chi connectivity index (χ0v) is 18.0. The number of ether oxygens (including phenoxy) is 1. The Morgan fingerprint density at radius 1 is 1.19 bits per heavy atom. The van der Waals surface area contributed by atoms with Crippen molar-refractivity contribution in [3.8, 4) is 11.4 Å². The molecule has 27 heavy (non-hydrogen) atoms. The fraction of sp³-hybridized carbons (Fsp3) is 0.167. The normalized spacial score (nSPS) is 11.4. The maximum atomic E-state index is 12.9. The van der Waals surface area contributed by atoms with Gasteiger partial charge in [0.05, 0.1) is 28.7 Å². The van der Waals surface area contributed by atoms with Gasteiger partial charge in [-0.3, -0.25) is 4.72 Å². The van der Waals surface area contributed by atoms with Crippen LogP contribution in [0.4, 0.5) is 5.69 Å². The van der Waals surface area contributed by atoms with Crippen LogP contribution in [0.1, 0.15) is 11.4 Å². The Balaban J connectivity index is 2.01. The van der Waals surface area contributed by atoms with Crippen LogP contribution in [0, 0.1) is 13.8 Å². The van der Waals surface area contributed by atoms with Crippen LogP contribution >= 0.6 is 27.5 Å². The minimum Gasteiger partial charge on any atom is -0.494 e. The summed E-state index contributed by atoms with van der Waals surface area (Å²) in [5.41, 5.74) is 2.98. The Morgan fingerprint density at radius 3 is 2.56 bits per heavy atom. The van der Waals surface area contributed by atoms with Gasteiger partial charge in [-0.25, -0.2) is 13.1 Å². The fourth-order valence-corrected chi connectivity index (χ4v) is 5.17. The highest BCUT2D eigenvalue weighted by Crippen LogP contribution is 2.36. The molecule has 0 radical (unpaired) electrons. The third-order valence-corrected chi connectivity index (χ3v) is 6.01. The van der Waals surface area contributed by atoms with E-state index in [4.69, 9.17) is 16.3 Å². The standard InChI is InChI=1S/C18H17BrClN3O3S/c1-11-7-12(2)23(21-11)15-6-4-5-14(10-15)22-27(24,25)17-9-13(20)8-16(19)18(17)26-3/h4-10,22H,1-3H3. The van der Waals surface area contributed by atoms with Crippen LogP contribution in [0.5, 0.6) is 5.75 Å². The quantitative estimate of drug-likeness (QED) is 0.586. The second kappa shape index (κ2) is 7.53. The Labute approximate surface area is 171 Å². The fourth-order valence-electron chi connectivity index (χ4n) is 2.74. The van der Waals surface area contributed by atoms with Crippen molar-refractivity contribution < 1.29 is 13.2 Å². The molecule has 0 atom stereocenters. The summed E-state index contributed by atoms with van der Waals surface area (Å²) >= 11 is 9.30. The zero-order chi connectivity index (χ0) is 19.8. The van der Waals surface area contributed by atoms with E-state index in [2.05, 4.69) is 25.8 Å². The van der Waals surface area contributed by atoms with Crippen LogP contribution in [0.25, 0.3) is 5.69 Å². The molecule has 6 nitrogen and oxygen atoms in total. The second-order valence-electron chi connectivity index (χ2n) is 5.91. The molecule has 2 aromatic carbocycles. The summed E-state index contributed by atoms with van der Waals surface area (Å²) in [4.78, 5) is -0.0547. The van der Waals surface area contributed by atoms with Crippen molar-refractivity contribution in [1.29, 1.82) is 0 Å². The molecular formula is C18H17BrClN3O3S. The molecule has 0 bridgehead atoms. The van der Waals surface area contributed by atoms with Gasteiger partial charge in [0.15, 0.2) is 5.75 Å². The van der Waals surface area contributed by atoms with Crippen LogP contribution in [-0.2, 0) is 10.0 Å². The number of anilines is 1. The average Bonchev–Trinajstić information content (AvgIpc) is 2.92. The van der Waals surface area contributed by atoms with Gasteiger partial charge >= 0.3 is 0 Å². The molecule has 1 aromatic heterocycles. The summed E-state index contributed by atoms with van der Waals surface area (Å²) in [6, 6.07) is 11.9. The van der Waals surface area contributed by atoms with Crippen molar-refractivity contribution in [2.45, 2.75) is 18.7 Å². The summed E-state index contributed by atoms with van der Waals surface area (Å²) in [7, 11) is -2.52. The highest BCUT2D eigenvalue weighted by molar-refractivity contribution is 9.10. The highest BCUT2D eigenvalue weighted by Gasteiger charge is 2.23. The minimum absolute atomic E-state index is 0.0547. The summed E-state index contributed by atoms with van der Waals surface area (Å²) in [5, 5.41) is 4.70. The van der Waals surface area contributed by atoms with E-state index in [1.165, 1.54) is 13.2 Å². The molecule has 3 aromatic rings. The van der Waals surface area contributed by atoms with Gasteiger partial charge in [0.1, 0.15) is 4.90 Å². The van der Waals surface area contributed by atoms with Gasteiger partial charge in [0.25, 0.3) is 10.0 Å². The largest absolute Gasteiger partial charge is 0.494 e. The first-order valence-electron chi connectivity index (χ1n) is 7.91. The molecular weight excluding hydrogens is 454 g/mol. The van der Waals surface area contributed by atoms with Gasteiger partial charge in [-0.05, 0) is 66.2 Å². The van der Waals surface area contributed by atoms with Crippen LogP contribution in [0.2, 0.25) is 5.02 Å². The first kappa shape index (κ1) is 19.7. The molecule has 0 unspecified atom stereocenters. The van der Waals surface area contributed by atoms with E-state index < -0.39 is 10.0 Å². The molecule has 0 saturated heterocycles. The Morgan fingerprint density at radius 2 is 1.93 bits per heavy atom. The molecule has 0 aliphatic heterocycles. The van der Waals surface area contributed by atoms with E-state index in [0.717, 1.165) is 17.1 Å². The predicted octanol–water partition coefficient (Wildman–Crippen LogP) is 4.71. The van der Waals surface area contributed by atoms with Crippen molar-refractivity contribution in [2.75, 3.05) is 11.8 Å². The number of sulfonamides is 1. The summed E-state index contributed by atoms with van der Waals surface area (Å²) in [6.07, 6.45) is 0. The summed E-state index contributed by atoms with van der Waals surface area (Å²) < 4.78 is 35.8. The maximum Gasteiger partial charge on any atom is 0.265 e. The molecule has 0 spiro atoms. The number of hydrogen-bond acceptors (Lipinski definition) is 4. The number of aromatic nitrogens is 2. The average molecular weight is 471 g/mol. The molecule has 0 fully saturated rings. The Kier molecular flexibility index (Phi) is 5.50. The highest BCUT2D eigenvalue weighted by atomic mass is 79.9. The lowest BCUT2D eigenvalue weighted by atomic mass is 10.3. The number of rotatable bonds is 5. The molecule has 0 amide bonds. The van der Waals surface area contributed by atoms with Gasteiger partial charge in [-0.15, -0.1) is 0 Å². The van der Waals surface area contributed by atoms with Crippen LogP contribution in [0.3, 0.4) is 0 Å². The van der Waals surface area contributed by atoms with Crippen LogP contribution < -0.4 is 9.46 Å². The summed E-state index contributed by atoms with van der Waals surface area (Å²) in [5.74, 6) is 0.182. The van der Waals surface area contributed by atoms with Crippen molar-refractivity contribution in [3.63, 3.8) is 0 Å². The number of aryl methyl sites for hydroxylation is 2. The second-order valence-corrected chi connectivity index (χ2v) is 8.86. The van der Waals surface area contributed by atoms with Gasteiger partial charge in [-0.1, -0.05) is 17.7 Å². The maximum absolute atomic E-state index is 12.9. The first-order valence-corrected chi connectivity index (χ1v) is 10.6. The number of methoxy groups -OCH3 is 1. The van der Waals surface area contributed by atoms with Crippen molar-refractivity contribution in [2.24, 2.45) is 0 Å². The van der Waals surface area contributed by atoms with Gasteiger partial charge in [0, 0.05) is 10.7 Å². The molecule has 1 N–H and O–H groups in total. The first-order chi connectivity index (χ1) is 12.7. The predicted molar refractivity (Wildman–Crippen MR) is 110 cm³/mol.